The maximum atomic E-state index is 12.6. The molecule has 1 saturated carbocycles. The van der Waals surface area contributed by atoms with Crippen molar-refractivity contribution in [1.29, 1.82) is 0 Å². The van der Waals surface area contributed by atoms with E-state index in [-0.39, 0.29) is 17.9 Å². The maximum absolute atomic E-state index is 12.6. The fraction of sp³-hybridized carbons (Fsp3) is 0.524. The molecule has 1 aromatic rings. The van der Waals surface area contributed by atoms with Crippen LogP contribution in [0.3, 0.4) is 0 Å². The summed E-state index contributed by atoms with van der Waals surface area (Å²) in [6, 6.07) is 9.72. The number of hydrogen-bond donors (Lipinski definition) is 2. The van der Waals surface area contributed by atoms with Gasteiger partial charge in [-0.15, -0.1) is 0 Å². The summed E-state index contributed by atoms with van der Waals surface area (Å²) in [5.41, 5.74) is 1.51. The summed E-state index contributed by atoms with van der Waals surface area (Å²) in [4.78, 5) is 24.1. The van der Waals surface area contributed by atoms with Crippen LogP contribution in [0.15, 0.2) is 36.0 Å². The van der Waals surface area contributed by atoms with E-state index in [1.807, 2.05) is 30.3 Å². The standard InChI is InChI=1S/C21H30N2O2/c1-15(24)22-19(14-16-8-6-5-7-9-16)20(25)23-18-12-10-17(11-13-18)21(2,3)4/h5-9,14,17-18H,10-13H2,1-4H3,(H,22,24)(H,23,25)/b19-14-. The van der Waals surface area contributed by atoms with Crippen LogP contribution in [0.2, 0.25) is 0 Å². The number of benzene rings is 1. The van der Waals surface area contributed by atoms with E-state index in [2.05, 4.69) is 31.4 Å². The Morgan fingerprint density at radius 1 is 1.04 bits per heavy atom. The first-order valence-electron chi connectivity index (χ1n) is 9.11. The van der Waals surface area contributed by atoms with Crippen molar-refractivity contribution < 1.29 is 9.59 Å². The van der Waals surface area contributed by atoms with Gasteiger partial charge in [0.15, 0.2) is 0 Å². The van der Waals surface area contributed by atoms with Crippen molar-refractivity contribution in [3.8, 4) is 0 Å². The molecule has 0 saturated heterocycles. The van der Waals surface area contributed by atoms with E-state index in [1.54, 1.807) is 6.08 Å². The molecule has 2 rings (SSSR count). The quantitative estimate of drug-likeness (QED) is 0.816. The number of rotatable bonds is 4. The van der Waals surface area contributed by atoms with Gasteiger partial charge in [0.25, 0.3) is 5.91 Å². The van der Waals surface area contributed by atoms with E-state index in [1.165, 1.54) is 6.92 Å². The Bertz CT molecular complexity index is 621. The summed E-state index contributed by atoms with van der Waals surface area (Å²) in [6.07, 6.45) is 5.97. The van der Waals surface area contributed by atoms with E-state index < -0.39 is 0 Å². The molecule has 0 aromatic heterocycles. The van der Waals surface area contributed by atoms with Crippen molar-refractivity contribution in [2.24, 2.45) is 11.3 Å². The average molecular weight is 342 g/mol. The molecule has 1 aromatic carbocycles. The van der Waals surface area contributed by atoms with Crippen LogP contribution in [0.5, 0.6) is 0 Å². The van der Waals surface area contributed by atoms with Crippen LogP contribution in [-0.4, -0.2) is 17.9 Å². The molecule has 1 fully saturated rings. The number of carbonyl (C=O) groups is 2. The Morgan fingerprint density at radius 3 is 2.16 bits per heavy atom. The first-order valence-corrected chi connectivity index (χ1v) is 9.11. The van der Waals surface area contributed by atoms with Crippen molar-refractivity contribution >= 4 is 17.9 Å². The van der Waals surface area contributed by atoms with Crippen molar-refractivity contribution in [3.63, 3.8) is 0 Å². The molecule has 25 heavy (non-hydrogen) atoms. The SMILES string of the molecule is CC(=O)N/C(=C\c1ccccc1)C(=O)NC1CCC(C(C)(C)C)CC1. The van der Waals surface area contributed by atoms with Crippen molar-refractivity contribution in [3.05, 3.63) is 41.6 Å². The second kappa shape index (κ2) is 8.32. The molecule has 1 aliphatic rings. The second-order valence-electron chi connectivity index (χ2n) is 8.04. The second-order valence-corrected chi connectivity index (χ2v) is 8.04. The third-order valence-electron chi connectivity index (χ3n) is 4.95. The first-order chi connectivity index (χ1) is 11.8. The minimum atomic E-state index is -0.242. The lowest BCUT2D eigenvalue weighted by molar-refractivity contribution is -0.123. The zero-order chi connectivity index (χ0) is 18.4. The molecule has 0 heterocycles. The van der Waals surface area contributed by atoms with Gasteiger partial charge in [0.2, 0.25) is 5.91 Å². The highest BCUT2D eigenvalue weighted by atomic mass is 16.2. The lowest BCUT2D eigenvalue weighted by Gasteiger charge is -2.37. The number of amides is 2. The van der Waals surface area contributed by atoms with Crippen LogP contribution in [0, 0.1) is 11.3 Å². The molecular weight excluding hydrogens is 312 g/mol. The number of hydrogen-bond acceptors (Lipinski definition) is 2. The molecule has 1 aliphatic carbocycles. The highest BCUT2D eigenvalue weighted by Gasteiger charge is 2.30. The Balaban J connectivity index is 2.01. The van der Waals surface area contributed by atoms with Crippen LogP contribution in [-0.2, 0) is 9.59 Å². The van der Waals surface area contributed by atoms with Gasteiger partial charge >= 0.3 is 0 Å². The summed E-state index contributed by atoms with van der Waals surface area (Å²) >= 11 is 0. The third-order valence-corrected chi connectivity index (χ3v) is 4.95. The first kappa shape index (κ1) is 19.2. The van der Waals surface area contributed by atoms with Gasteiger partial charge in [-0.25, -0.2) is 0 Å². The summed E-state index contributed by atoms with van der Waals surface area (Å²) in [5.74, 6) is 0.252. The zero-order valence-corrected chi connectivity index (χ0v) is 15.8. The molecule has 0 spiro atoms. The van der Waals surface area contributed by atoms with E-state index in [0.717, 1.165) is 31.2 Å². The van der Waals surface area contributed by atoms with Crippen LogP contribution in [0.4, 0.5) is 0 Å². The topological polar surface area (TPSA) is 58.2 Å². The van der Waals surface area contributed by atoms with Crippen LogP contribution in [0.25, 0.3) is 6.08 Å². The summed E-state index contributed by atoms with van der Waals surface area (Å²) in [6.45, 7) is 8.27. The Labute approximate surface area is 151 Å². The lowest BCUT2D eigenvalue weighted by Crippen LogP contribution is -2.42. The Kier molecular flexibility index (Phi) is 6.40. The van der Waals surface area contributed by atoms with Gasteiger partial charge in [-0.3, -0.25) is 9.59 Å². The molecule has 0 radical (unpaired) electrons. The zero-order valence-electron chi connectivity index (χ0n) is 15.8. The maximum Gasteiger partial charge on any atom is 0.268 e. The van der Waals surface area contributed by atoms with Gasteiger partial charge in [-0.2, -0.15) is 0 Å². The normalized spacial score (nSPS) is 21.5. The predicted octanol–water partition coefficient (Wildman–Crippen LogP) is 3.88. The van der Waals surface area contributed by atoms with Gasteiger partial charge in [0.05, 0.1) is 0 Å². The minimum Gasteiger partial charge on any atom is -0.348 e. The largest absolute Gasteiger partial charge is 0.348 e. The molecule has 0 atom stereocenters. The van der Waals surface area contributed by atoms with Crippen molar-refractivity contribution in [2.45, 2.75) is 59.4 Å². The van der Waals surface area contributed by atoms with Crippen LogP contribution in [0.1, 0.15) is 58.9 Å². The molecule has 0 aliphatic heterocycles. The number of nitrogens with one attached hydrogen (secondary N) is 2. The molecule has 4 nitrogen and oxygen atoms in total. The van der Waals surface area contributed by atoms with E-state index in [0.29, 0.717) is 17.0 Å². The van der Waals surface area contributed by atoms with Crippen LogP contribution >= 0.6 is 0 Å². The average Bonchev–Trinajstić information content (AvgIpc) is 2.54. The van der Waals surface area contributed by atoms with Crippen molar-refractivity contribution in [2.75, 3.05) is 0 Å². The smallest absolute Gasteiger partial charge is 0.268 e. The highest BCUT2D eigenvalue weighted by molar-refractivity contribution is 6.01. The Morgan fingerprint density at radius 2 is 1.64 bits per heavy atom. The fourth-order valence-electron chi connectivity index (χ4n) is 3.43. The van der Waals surface area contributed by atoms with Gasteiger partial charge in [0.1, 0.15) is 5.70 Å². The van der Waals surface area contributed by atoms with E-state index in [4.69, 9.17) is 0 Å². The molecular formula is C21H30N2O2. The fourth-order valence-corrected chi connectivity index (χ4v) is 3.43. The van der Waals surface area contributed by atoms with Gasteiger partial charge in [-0.1, -0.05) is 51.1 Å². The molecule has 0 unspecified atom stereocenters. The van der Waals surface area contributed by atoms with Gasteiger partial charge < -0.3 is 10.6 Å². The molecule has 4 heteroatoms. The lowest BCUT2D eigenvalue weighted by atomic mass is 9.71. The predicted molar refractivity (Wildman–Crippen MR) is 102 cm³/mol. The summed E-state index contributed by atoms with van der Waals surface area (Å²) in [5, 5.41) is 5.76. The highest BCUT2D eigenvalue weighted by Crippen LogP contribution is 2.37. The van der Waals surface area contributed by atoms with Crippen LogP contribution < -0.4 is 10.6 Å². The van der Waals surface area contributed by atoms with E-state index >= 15 is 0 Å². The summed E-state index contributed by atoms with van der Waals surface area (Å²) < 4.78 is 0. The van der Waals surface area contributed by atoms with Crippen molar-refractivity contribution in [1.82, 2.24) is 10.6 Å². The summed E-state index contributed by atoms with van der Waals surface area (Å²) in [7, 11) is 0. The molecule has 0 bridgehead atoms. The monoisotopic (exact) mass is 342 g/mol. The molecule has 2 N–H and O–H groups in total. The molecule has 2 amide bonds. The number of carbonyl (C=O) groups excluding carboxylic acids is 2. The molecule has 136 valence electrons. The van der Waals surface area contributed by atoms with Gasteiger partial charge in [-0.05, 0) is 48.7 Å². The van der Waals surface area contributed by atoms with E-state index in [9.17, 15) is 9.59 Å². The Hall–Kier alpha value is -2.10. The third kappa shape index (κ3) is 6.04. The van der Waals surface area contributed by atoms with Gasteiger partial charge in [0, 0.05) is 13.0 Å². The minimum absolute atomic E-state index is 0.180.